The van der Waals surface area contributed by atoms with E-state index >= 15 is 0 Å². The molecule has 1 aliphatic rings. The fraction of sp³-hybridized carbons (Fsp3) is 1.00. The zero-order valence-electron chi connectivity index (χ0n) is 13.0. The highest BCUT2D eigenvalue weighted by Gasteiger charge is 2.39. The molecule has 1 aliphatic heterocycles. The fourth-order valence-corrected chi connectivity index (χ4v) is 3.47. The molecule has 0 aromatic heterocycles. The monoisotopic (exact) mass is 272 g/mol. The molecular formula is C15H32N2S. The van der Waals surface area contributed by atoms with E-state index in [1.807, 2.05) is 11.8 Å². The maximum atomic E-state index is 3.82. The molecule has 2 nitrogen and oxygen atoms in total. The Balaban J connectivity index is 2.71. The number of rotatable bonds is 7. The molecule has 2 atom stereocenters. The average Bonchev–Trinajstić information content (AvgIpc) is 2.43. The first-order valence-electron chi connectivity index (χ1n) is 7.60. The van der Waals surface area contributed by atoms with Gasteiger partial charge in [0.1, 0.15) is 0 Å². The van der Waals surface area contributed by atoms with Gasteiger partial charge in [0.15, 0.2) is 0 Å². The molecule has 0 aromatic rings. The number of thioether (sulfide) groups is 1. The summed E-state index contributed by atoms with van der Waals surface area (Å²) in [4.78, 5) is 2.77. The van der Waals surface area contributed by atoms with Crippen LogP contribution in [0.4, 0.5) is 0 Å². The molecule has 1 fully saturated rings. The quantitative estimate of drug-likeness (QED) is 0.766. The van der Waals surface area contributed by atoms with Crippen LogP contribution in [0.3, 0.4) is 0 Å². The fourth-order valence-electron chi connectivity index (χ4n) is 3.07. The third-order valence-corrected chi connectivity index (χ3v) is 5.58. The molecule has 1 heterocycles. The second-order valence-electron chi connectivity index (χ2n) is 5.74. The normalized spacial score (nSPS) is 26.2. The first kappa shape index (κ1) is 16.3. The van der Waals surface area contributed by atoms with Crippen molar-refractivity contribution < 1.29 is 0 Å². The van der Waals surface area contributed by atoms with Gasteiger partial charge in [-0.05, 0) is 25.0 Å². The van der Waals surface area contributed by atoms with Crippen molar-refractivity contribution in [2.24, 2.45) is 5.92 Å². The van der Waals surface area contributed by atoms with Crippen molar-refractivity contribution in [3.05, 3.63) is 0 Å². The Labute approximate surface area is 118 Å². The molecule has 1 rings (SSSR count). The van der Waals surface area contributed by atoms with Crippen LogP contribution in [-0.4, -0.2) is 48.1 Å². The van der Waals surface area contributed by atoms with E-state index in [-0.39, 0.29) is 0 Å². The van der Waals surface area contributed by atoms with Gasteiger partial charge in [0.2, 0.25) is 0 Å². The van der Waals surface area contributed by atoms with Crippen molar-refractivity contribution in [2.75, 3.05) is 31.6 Å². The second-order valence-corrected chi connectivity index (χ2v) is 6.73. The van der Waals surface area contributed by atoms with Gasteiger partial charge in [0.05, 0.1) is 0 Å². The van der Waals surface area contributed by atoms with Crippen LogP contribution in [-0.2, 0) is 0 Å². The van der Waals surface area contributed by atoms with Crippen LogP contribution in [0, 0.1) is 5.92 Å². The van der Waals surface area contributed by atoms with Gasteiger partial charge in [0, 0.05) is 37.0 Å². The van der Waals surface area contributed by atoms with Crippen molar-refractivity contribution in [1.29, 1.82) is 0 Å². The number of nitrogens with zero attached hydrogens (tertiary/aromatic N) is 1. The minimum atomic E-state index is 0.402. The van der Waals surface area contributed by atoms with Gasteiger partial charge in [-0.15, -0.1) is 0 Å². The van der Waals surface area contributed by atoms with E-state index in [1.165, 1.54) is 44.6 Å². The molecule has 2 unspecified atom stereocenters. The minimum Gasteiger partial charge on any atom is -0.311 e. The lowest BCUT2D eigenvalue weighted by Crippen LogP contribution is -2.65. The summed E-state index contributed by atoms with van der Waals surface area (Å²) in [5.74, 6) is 2.04. The van der Waals surface area contributed by atoms with Crippen LogP contribution in [0.5, 0.6) is 0 Å². The Hall–Kier alpha value is 0.270. The molecule has 108 valence electrons. The summed E-state index contributed by atoms with van der Waals surface area (Å²) in [7, 11) is 0. The maximum absolute atomic E-state index is 3.82. The predicted molar refractivity (Wildman–Crippen MR) is 84.5 cm³/mol. The summed E-state index contributed by atoms with van der Waals surface area (Å²) in [5, 5.41) is 3.82. The summed E-state index contributed by atoms with van der Waals surface area (Å²) in [5.41, 5.74) is 0.402. The van der Waals surface area contributed by atoms with Gasteiger partial charge in [-0.1, -0.05) is 34.1 Å². The number of hydrogen-bond donors (Lipinski definition) is 1. The van der Waals surface area contributed by atoms with E-state index < -0.39 is 0 Å². The van der Waals surface area contributed by atoms with Crippen LogP contribution >= 0.6 is 11.8 Å². The van der Waals surface area contributed by atoms with E-state index in [0.717, 1.165) is 5.92 Å². The Morgan fingerprint density at radius 2 is 2.00 bits per heavy atom. The van der Waals surface area contributed by atoms with Crippen molar-refractivity contribution in [2.45, 2.75) is 58.5 Å². The molecule has 0 saturated carbocycles. The lowest BCUT2D eigenvalue weighted by molar-refractivity contribution is 0.0258. The second kappa shape index (κ2) is 7.76. The van der Waals surface area contributed by atoms with Crippen molar-refractivity contribution >= 4 is 11.8 Å². The SMILES string of the molecule is CCC(C)C1CN(CCSC)C(CC)(CC)CN1. The van der Waals surface area contributed by atoms with Crippen LogP contribution < -0.4 is 5.32 Å². The van der Waals surface area contributed by atoms with E-state index in [9.17, 15) is 0 Å². The average molecular weight is 273 g/mol. The summed E-state index contributed by atoms with van der Waals surface area (Å²) >= 11 is 1.97. The van der Waals surface area contributed by atoms with E-state index in [2.05, 4.69) is 44.2 Å². The molecule has 1 saturated heterocycles. The van der Waals surface area contributed by atoms with Crippen molar-refractivity contribution in [3.8, 4) is 0 Å². The number of nitrogens with one attached hydrogen (secondary N) is 1. The highest BCUT2D eigenvalue weighted by Crippen LogP contribution is 2.29. The summed E-state index contributed by atoms with van der Waals surface area (Å²) in [6.45, 7) is 13.0. The highest BCUT2D eigenvalue weighted by molar-refractivity contribution is 7.98. The Morgan fingerprint density at radius 1 is 1.33 bits per heavy atom. The molecule has 18 heavy (non-hydrogen) atoms. The van der Waals surface area contributed by atoms with Gasteiger partial charge >= 0.3 is 0 Å². The number of hydrogen-bond acceptors (Lipinski definition) is 3. The highest BCUT2D eigenvalue weighted by atomic mass is 32.2. The first-order valence-corrected chi connectivity index (χ1v) is 9.00. The summed E-state index contributed by atoms with van der Waals surface area (Å²) < 4.78 is 0. The zero-order chi connectivity index (χ0) is 13.6. The molecule has 0 spiro atoms. The van der Waals surface area contributed by atoms with Gasteiger partial charge in [-0.3, -0.25) is 4.90 Å². The van der Waals surface area contributed by atoms with Gasteiger partial charge in [-0.2, -0.15) is 11.8 Å². The van der Waals surface area contributed by atoms with E-state index in [0.29, 0.717) is 11.6 Å². The van der Waals surface area contributed by atoms with Crippen LogP contribution in [0.15, 0.2) is 0 Å². The Morgan fingerprint density at radius 3 is 2.50 bits per heavy atom. The summed E-state index contributed by atoms with van der Waals surface area (Å²) in [6, 6.07) is 0.683. The topological polar surface area (TPSA) is 15.3 Å². The molecule has 3 heteroatoms. The van der Waals surface area contributed by atoms with Crippen molar-refractivity contribution in [3.63, 3.8) is 0 Å². The maximum Gasteiger partial charge on any atom is 0.0329 e. The molecule has 0 bridgehead atoms. The molecular weight excluding hydrogens is 240 g/mol. The van der Waals surface area contributed by atoms with Gasteiger partial charge in [-0.25, -0.2) is 0 Å². The van der Waals surface area contributed by atoms with E-state index in [4.69, 9.17) is 0 Å². The van der Waals surface area contributed by atoms with Gasteiger partial charge in [0.25, 0.3) is 0 Å². The largest absolute Gasteiger partial charge is 0.311 e. The third-order valence-electron chi connectivity index (χ3n) is 4.99. The lowest BCUT2D eigenvalue weighted by Gasteiger charge is -2.51. The standard InChI is InChI=1S/C15H32N2S/c1-6-13(4)14-11-17(9-10-18-5)15(7-2,8-3)12-16-14/h13-14,16H,6-12H2,1-5H3. The van der Waals surface area contributed by atoms with E-state index in [1.54, 1.807) is 0 Å². The van der Waals surface area contributed by atoms with Gasteiger partial charge < -0.3 is 5.32 Å². The number of piperazine rings is 1. The van der Waals surface area contributed by atoms with Crippen LogP contribution in [0.25, 0.3) is 0 Å². The summed E-state index contributed by atoms with van der Waals surface area (Å²) in [6.07, 6.45) is 6.02. The third kappa shape index (κ3) is 3.64. The smallest absolute Gasteiger partial charge is 0.0329 e. The Bertz CT molecular complexity index is 229. The predicted octanol–water partition coefficient (Wildman–Crippen LogP) is 3.23. The zero-order valence-corrected chi connectivity index (χ0v) is 13.8. The van der Waals surface area contributed by atoms with Crippen LogP contribution in [0.1, 0.15) is 47.0 Å². The molecule has 0 amide bonds. The molecule has 1 N–H and O–H groups in total. The molecule has 0 radical (unpaired) electrons. The molecule has 0 aromatic carbocycles. The lowest BCUT2D eigenvalue weighted by atomic mass is 9.84. The molecule has 0 aliphatic carbocycles. The van der Waals surface area contributed by atoms with Crippen LogP contribution in [0.2, 0.25) is 0 Å². The first-order chi connectivity index (χ1) is 8.63. The van der Waals surface area contributed by atoms with Crippen molar-refractivity contribution in [1.82, 2.24) is 10.2 Å². The Kier molecular flexibility index (Phi) is 7.04. The minimum absolute atomic E-state index is 0.402.